The lowest BCUT2D eigenvalue weighted by molar-refractivity contribution is 0.192. The van der Waals surface area contributed by atoms with Gasteiger partial charge in [0.05, 0.1) is 6.61 Å². The van der Waals surface area contributed by atoms with Crippen LogP contribution in [0.25, 0.3) is 0 Å². The summed E-state index contributed by atoms with van der Waals surface area (Å²) in [6.45, 7) is 0.258. The molecule has 2 rings (SSSR count). The first-order valence-corrected chi connectivity index (χ1v) is 6.00. The van der Waals surface area contributed by atoms with Crippen molar-refractivity contribution in [3.8, 4) is 11.5 Å². The van der Waals surface area contributed by atoms with E-state index in [1.807, 2.05) is 12.1 Å². The maximum Gasteiger partial charge on any atom is 0.161 e. The molecule has 1 N–H and O–H groups in total. The highest BCUT2D eigenvalue weighted by molar-refractivity contribution is 5.39. The molecule has 3 nitrogen and oxygen atoms in total. The first-order chi connectivity index (χ1) is 9.31. The first-order valence-electron chi connectivity index (χ1n) is 6.00. The quantitative estimate of drug-likeness (QED) is 0.870. The zero-order valence-corrected chi connectivity index (χ0v) is 10.4. The number of ether oxygens (including phenoxy) is 2. The van der Waals surface area contributed by atoms with Gasteiger partial charge in [0, 0.05) is 5.56 Å². The highest BCUT2D eigenvalue weighted by Crippen LogP contribution is 2.27. The van der Waals surface area contributed by atoms with Crippen molar-refractivity contribution >= 4 is 0 Å². The summed E-state index contributed by atoms with van der Waals surface area (Å²) < 4.78 is 24.3. The highest BCUT2D eigenvalue weighted by Gasteiger charge is 2.06. The predicted octanol–water partition coefficient (Wildman–Crippen LogP) is 2.78. The van der Waals surface area contributed by atoms with Crippen LogP contribution in [0.15, 0.2) is 48.5 Å². The summed E-state index contributed by atoms with van der Waals surface area (Å²) in [5.74, 6) is 0.767. The standard InChI is InChI=1S/C15H15FO3/c16-13-6-2-1-5-12(13)11-19-15-8-4-3-7-14(15)18-10-9-17/h1-8,17H,9-11H2. The molecule has 0 aliphatic heterocycles. The van der Waals surface area contributed by atoms with E-state index >= 15 is 0 Å². The molecule has 4 heteroatoms. The minimum Gasteiger partial charge on any atom is -0.487 e. The van der Waals surface area contributed by atoms with Crippen molar-refractivity contribution in [3.05, 3.63) is 59.9 Å². The van der Waals surface area contributed by atoms with E-state index < -0.39 is 0 Å². The molecule has 0 saturated carbocycles. The molecule has 0 bridgehead atoms. The van der Waals surface area contributed by atoms with E-state index in [9.17, 15) is 4.39 Å². The summed E-state index contributed by atoms with van der Waals surface area (Å²) in [5, 5.41) is 8.75. The minimum atomic E-state index is -0.295. The van der Waals surface area contributed by atoms with Crippen LogP contribution in [0.3, 0.4) is 0 Å². The molecule has 0 saturated heterocycles. The largest absolute Gasteiger partial charge is 0.487 e. The lowest BCUT2D eigenvalue weighted by Crippen LogP contribution is -2.04. The molecule has 2 aromatic rings. The monoisotopic (exact) mass is 262 g/mol. The van der Waals surface area contributed by atoms with Gasteiger partial charge in [-0.1, -0.05) is 30.3 Å². The second-order valence-electron chi connectivity index (χ2n) is 3.90. The Labute approximate surface area is 111 Å². The summed E-state index contributed by atoms with van der Waals surface area (Å²) in [5.41, 5.74) is 0.486. The van der Waals surface area contributed by atoms with Crippen LogP contribution in [-0.4, -0.2) is 18.3 Å². The number of aliphatic hydroxyl groups excluding tert-OH is 1. The Kier molecular flexibility index (Phi) is 4.75. The van der Waals surface area contributed by atoms with Crippen LogP contribution in [0.2, 0.25) is 0 Å². The van der Waals surface area contributed by atoms with Crippen molar-refractivity contribution < 1.29 is 19.0 Å². The maximum atomic E-state index is 13.5. The Morgan fingerprint density at radius 3 is 2.21 bits per heavy atom. The van der Waals surface area contributed by atoms with E-state index in [4.69, 9.17) is 14.6 Å². The molecule has 0 aromatic heterocycles. The Morgan fingerprint density at radius 2 is 1.53 bits per heavy atom. The Morgan fingerprint density at radius 1 is 0.895 bits per heavy atom. The maximum absolute atomic E-state index is 13.5. The van der Waals surface area contributed by atoms with Gasteiger partial charge in [-0.15, -0.1) is 0 Å². The molecule has 0 spiro atoms. The van der Waals surface area contributed by atoms with Crippen molar-refractivity contribution in [1.82, 2.24) is 0 Å². The number of rotatable bonds is 6. The van der Waals surface area contributed by atoms with E-state index in [0.29, 0.717) is 17.1 Å². The predicted molar refractivity (Wildman–Crippen MR) is 69.8 cm³/mol. The lowest BCUT2D eigenvalue weighted by Gasteiger charge is -2.12. The van der Waals surface area contributed by atoms with Crippen LogP contribution >= 0.6 is 0 Å². The highest BCUT2D eigenvalue weighted by atomic mass is 19.1. The van der Waals surface area contributed by atoms with Gasteiger partial charge in [0.25, 0.3) is 0 Å². The zero-order chi connectivity index (χ0) is 13.5. The van der Waals surface area contributed by atoms with Crippen LogP contribution in [0.1, 0.15) is 5.56 Å². The van der Waals surface area contributed by atoms with E-state index in [-0.39, 0.29) is 25.6 Å². The third-order valence-electron chi connectivity index (χ3n) is 2.54. The fourth-order valence-corrected chi connectivity index (χ4v) is 1.62. The molecule has 0 amide bonds. The average molecular weight is 262 g/mol. The summed E-state index contributed by atoms with van der Waals surface area (Å²) in [6, 6.07) is 13.6. The Bertz CT molecular complexity index is 528. The van der Waals surface area contributed by atoms with Crippen LogP contribution < -0.4 is 9.47 Å². The molecule has 0 aliphatic carbocycles. The van der Waals surface area contributed by atoms with Crippen molar-refractivity contribution in [3.63, 3.8) is 0 Å². The zero-order valence-electron chi connectivity index (χ0n) is 10.4. The van der Waals surface area contributed by atoms with Gasteiger partial charge >= 0.3 is 0 Å². The van der Waals surface area contributed by atoms with Crippen molar-refractivity contribution in [2.75, 3.05) is 13.2 Å². The number of hydrogen-bond donors (Lipinski definition) is 1. The Balaban J connectivity index is 2.05. The van der Waals surface area contributed by atoms with Crippen molar-refractivity contribution in [2.45, 2.75) is 6.61 Å². The van der Waals surface area contributed by atoms with Gasteiger partial charge in [-0.2, -0.15) is 0 Å². The molecule has 0 radical (unpaired) electrons. The number of halogens is 1. The second-order valence-corrected chi connectivity index (χ2v) is 3.90. The van der Waals surface area contributed by atoms with Gasteiger partial charge in [-0.3, -0.25) is 0 Å². The first kappa shape index (κ1) is 13.4. The molecular weight excluding hydrogens is 247 g/mol. The van der Waals surface area contributed by atoms with Gasteiger partial charge in [-0.25, -0.2) is 4.39 Å². The Hall–Kier alpha value is -2.07. The van der Waals surface area contributed by atoms with Crippen LogP contribution in [0, 0.1) is 5.82 Å². The fourth-order valence-electron chi connectivity index (χ4n) is 1.62. The van der Waals surface area contributed by atoms with Crippen LogP contribution in [0.5, 0.6) is 11.5 Å². The minimum absolute atomic E-state index is 0.0678. The molecule has 0 atom stereocenters. The van der Waals surface area contributed by atoms with Gasteiger partial charge in [0.1, 0.15) is 19.0 Å². The SMILES string of the molecule is OCCOc1ccccc1OCc1ccccc1F. The van der Waals surface area contributed by atoms with Gasteiger partial charge in [0.2, 0.25) is 0 Å². The topological polar surface area (TPSA) is 38.7 Å². The van der Waals surface area contributed by atoms with Gasteiger partial charge in [-0.05, 0) is 18.2 Å². The van der Waals surface area contributed by atoms with E-state index in [1.165, 1.54) is 6.07 Å². The molecule has 0 heterocycles. The number of aliphatic hydroxyl groups is 1. The molecule has 0 fully saturated rings. The summed E-state index contributed by atoms with van der Waals surface area (Å²) in [4.78, 5) is 0. The second kappa shape index (κ2) is 6.75. The smallest absolute Gasteiger partial charge is 0.161 e. The number of benzene rings is 2. The van der Waals surface area contributed by atoms with Crippen LogP contribution in [0.4, 0.5) is 4.39 Å². The fraction of sp³-hybridized carbons (Fsp3) is 0.200. The molecule has 100 valence electrons. The average Bonchev–Trinajstić information content (AvgIpc) is 2.45. The molecule has 2 aromatic carbocycles. The van der Waals surface area contributed by atoms with E-state index in [1.54, 1.807) is 30.3 Å². The van der Waals surface area contributed by atoms with E-state index in [2.05, 4.69) is 0 Å². The third kappa shape index (κ3) is 3.69. The molecule has 19 heavy (non-hydrogen) atoms. The number of para-hydroxylation sites is 2. The molecule has 0 unspecified atom stereocenters. The molecular formula is C15H15FO3. The normalized spacial score (nSPS) is 10.2. The third-order valence-corrected chi connectivity index (χ3v) is 2.54. The number of hydrogen-bond acceptors (Lipinski definition) is 3. The summed E-state index contributed by atoms with van der Waals surface area (Å²) in [6.07, 6.45) is 0. The van der Waals surface area contributed by atoms with Gasteiger partial charge in [0.15, 0.2) is 11.5 Å². The van der Waals surface area contributed by atoms with Crippen molar-refractivity contribution in [2.24, 2.45) is 0 Å². The summed E-state index contributed by atoms with van der Waals surface area (Å²) >= 11 is 0. The lowest BCUT2D eigenvalue weighted by atomic mass is 10.2. The molecule has 0 aliphatic rings. The summed E-state index contributed by atoms with van der Waals surface area (Å²) in [7, 11) is 0. The van der Waals surface area contributed by atoms with Crippen molar-refractivity contribution in [1.29, 1.82) is 0 Å². The van der Waals surface area contributed by atoms with E-state index in [0.717, 1.165) is 0 Å². The van der Waals surface area contributed by atoms with Crippen LogP contribution in [-0.2, 0) is 6.61 Å². The van der Waals surface area contributed by atoms with Gasteiger partial charge < -0.3 is 14.6 Å².